The zero-order valence-electron chi connectivity index (χ0n) is 19.9. The molecule has 5 aromatic rings. The summed E-state index contributed by atoms with van der Waals surface area (Å²) in [5.41, 5.74) is 5.90. The van der Waals surface area contributed by atoms with Crippen molar-refractivity contribution < 1.29 is 9.26 Å². The van der Waals surface area contributed by atoms with E-state index in [9.17, 15) is 4.79 Å². The number of aromatic nitrogens is 6. The summed E-state index contributed by atoms with van der Waals surface area (Å²) in [6.45, 7) is 2.40. The molecule has 0 spiro atoms. The van der Waals surface area contributed by atoms with Crippen molar-refractivity contribution in [3.63, 3.8) is 0 Å². The molecule has 10 heteroatoms. The normalized spacial score (nSPS) is 16.2. The van der Waals surface area contributed by atoms with E-state index in [4.69, 9.17) is 30.8 Å². The Bertz CT molecular complexity index is 1780. The topological polar surface area (TPSA) is 112 Å². The Labute approximate surface area is 215 Å². The smallest absolute Gasteiger partial charge is 0.439 e. The van der Waals surface area contributed by atoms with Crippen LogP contribution in [0.25, 0.3) is 22.5 Å². The molecule has 0 bridgehead atoms. The number of hydrogen-bond donors (Lipinski definition) is 1. The molecule has 184 valence electrons. The molecule has 1 N–H and O–H groups in total. The van der Waals surface area contributed by atoms with Gasteiger partial charge in [0.25, 0.3) is 0 Å². The number of benzene rings is 1. The number of allylic oxidation sites excluding steroid dienone is 1. The van der Waals surface area contributed by atoms with Crippen LogP contribution in [0.2, 0.25) is 5.02 Å². The maximum absolute atomic E-state index is 11.6. The minimum Gasteiger partial charge on any atom is -0.454 e. The Morgan fingerprint density at radius 1 is 1.19 bits per heavy atom. The van der Waals surface area contributed by atoms with Gasteiger partial charge >= 0.3 is 5.76 Å². The summed E-state index contributed by atoms with van der Waals surface area (Å²) < 4.78 is 13.2. The summed E-state index contributed by atoms with van der Waals surface area (Å²) in [5, 5.41) is 4.46. The zero-order valence-corrected chi connectivity index (χ0v) is 20.6. The van der Waals surface area contributed by atoms with Gasteiger partial charge in [0.1, 0.15) is 22.8 Å². The molecule has 1 aliphatic heterocycles. The van der Waals surface area contributed by atoms with Gasteiger partial charge in [-0.1, -0.05) is 35.0 Å². The van der Waals surface area contributed by atoms with Crippen LogP contribution in [0.3, 0.4) is 0 Å². The average molecular weight is 513 g/mol. The Hall–Kier alpha value is -4.24. The van der Waals surface area contributed by atoms with Crippen LogP contribution in [0.5, 0.6) is 5.75 Å². The van der Waals surface area contributed by atoms with E-state index in [0.29, 0.717) is 46.8 Å². The standard InChI is InChI=1S/C27H21ClN6O3/c1-14(24-32-27(35)37-33-24)23-21-18(11-17-4-2-3-5-20(17)36-23)10-15(12-30-21)13-34-25(16-6-7-16)31-22-19(28)8-9-29-26(22)34/h2-5,8-10,12,16H,6-7,11,13H2,1H3,(H,32,33,35). The molecular formula is C27H21ClN6O3. The molecule has 1 saturated carbocycles. The minimum atomic E-state index is -0.625. The second-order valence-corrected chi connectivity index (χ2v) is 9.84. The molecule has 2 aliphatic rings. The molecule has 1 aliphatic carbocycles. The predicted molar refractivity (Wildman–Crippen MR) is 137 cm³/mol. The third-order valence-electron chi connectivity index (χ3n) is 6.84. The molecule has 4 aromatic heterocycles. The van der Waals surface area contributed by atoms with E-state index in [1.54, 1.807) is 12.3 Å². The van der Waals surface area contributed by atoms with Gasteiger partial charge in [0, 0.05) is 30.3 Å². The van der Waals surface area contributed by atoms with Gasteiger partial charge in [-0.2, -0.15) is 0 Å². The summed E-state index contributed by atoms with van der Waals surface area (Å²) in [6, 6.07) is 11.8. The Balaban J connectivity index is 1.36. The lowest BCUT2D eigenvalue weighted by Gasteiger charge is -2.14. The lowest BCUT2D eigenvalue weighted by Crippen LogP contribution is -2.08. The Morgan fingerprint density at radius 3 is 2.86 bits per heavy atom. The highest BCUT2D eigenvalue weighted by Gasteiger charge is 2.31. The molecule has 9 nitrogen and oxygen atoms in total. The van der Waals surface area contributed by atoms with Gasteiger partial charge in [0.15, 0.2) is 17.2 Å². The first kappa shape index (κ1) is 22.0. The van der Waals surface area contributed by atoms with Crippen LogP contribution < -0.4 is 10.5 Å². The number of rotatable bonds is 4. The van der Waals surface area contributed by atoms with Crippen LogP contribution in [-0.4, -0.2) is 29.7 Å². The minimum absolute atomic E-state index is 0.304. The van der Waals surface area contributed by atoms with Gasteiger partial charge in [-0.15, -0.1) is 0 Å². The molecule has 7 rings (SSSR count). The van der Waals surface area contributed by atoms with Crippen LogP contribution in [-0.2, 0) is 13.0 Å². The molecular weight excluding hydrogens is 492 g/mol. The highest BCUT2D eigenvalue weighted by molar-refractivity contribution is 6.34. The van der Waals surface area contributed by atoms with Crippen molar-refractivity contribution in [3.8, 4) is 5.75 Å². The van der Waals surface area contributed by atoms with Crippen LogP contribution in [0.1, 0.15) is 59.7 Å². The molecule has 37 heavy (non-hydrogen) atoms. The molecule has 1 fully saturated rings. The number of hydrogen-bond acceptors (Lipinski definition) is 7. The number of halogens is 1. The monoisotopic (exact) mass is 512 g/mol. The maximum Gasteiger partial charge on any atom is 0.439 e. The summed E-state index contributed by atoms with van der Waals surface area (Å²) in [5.74, 6) is 2.39. The summed E-state index contributed by atoms with van der Waals surface area (Å²) in [4.78, 5) is 28.5. The maximum atomic E-state index is 11.6. The van der Waals surface area contributed by atoms with E-state index in [1.165, 1.54) is 0 Å². The fourth-order valence-electron chi connectivity index (χ4n) is 4.85. The lowest BCUT2D eigenvalue weighted by molar-refractivity contribution is 0.385. The van der Waals surface area contributed by atoms with Gasteiger partial charge < -0.3 is 9.30 Å². The molecule has 0 atom stereocenters. The van der Waals surface area contributed by atoms with Gasteiger partial charge in [-0.3, -0.25) is 14.5 Å². The third kappa shape index (κ3) is 3.82. The highest BCUT2D eigenvalue weighted by Crippen LogP contribution is 2.42. The summed E-state index contributed by atoms with van der Waals surface area (Å²) in [6.07, 6.45) is 6.45. The largest absolute Gasteiger partial charge is 0.454 e. The molecule has 5 heterocycles. The predicted octanol–water partition coefficient (Wildman–Crippen LogP) is 4.95. The number of ether oxygens (including phenoxy) is 1. The number of imidazole rings is 1. The van der Waals surface area contributed by atoms with Crippen molar-refractivity contribution in [2.45, 2.75) is 38.6 Å². The van der Waals surface area contributed by atoms with Crippen molar-refractivity contribution in [3.05, 3.63) is 98.4 Å². The van der Waals surface area contributed by atoms with Crippen LogP contribution in [0.15, 0.2) is 58.1 Å². The van der Waals surface area contributed by atoms with Crippen LogP contribution >= 0.6 is 11.6 Å². The van der Waals surface area contributed by atoms with E-state index in [1.807, 2.05) is 37.4 Å². The Morgan fingerprint density at radius 2 is 2.05 bits per heavy atom. The molecule has 0 amide bonds. The number of aromatic amines is 1. The van der Waals surface area contributed by atoms with Gasteiger partial charge in [0.05, 0.1) is 11.6 Å². The van der Waals surface area contributed by atoms with Crippen molar-refractivity contribution in [2.24, 2.45) is 0 Å². The van der Waals surface area contributed by atoms with Crippen LogP contribution in [0.4, 0.5) is 0 Å². The van der Waals surface area contributed by atoms with Crippen molar-refractivity contribution in [2.75, 3.05) is 0 Å². The van der Waals surface area contributed by atoms with E-state index < -0.39 is 5.76 Å². The zero-order chi connectivity index (χ0) is 25.1. The SMILES string of the molecule is CC(=C1Oc2ccccc2Cc2cc(Cn3c(C4CC4)nc4c(Cl)ccnc43)cnc21)c1noc(=O)[nH]1. The van der Waals surface area contributed by atoms with Crippen LogP contribution in [0, 0.1) is 0 Å². The van der Waals surface area contributed by atoms with E-state index in [-0.39, 0.29) is 0 Å². The van der Waals surface area contributed by atoms with Gasteiger partial charge in [0.2, 0.25) is 0 Å². The van der Waals surface area contributed by atoms with E-state index in [0.717, 1.165) is 52.3 Å². The van der Waals surface area contributed by atoms with E-state index >= 15 is 0 Å². The fourth-order valence-corrected chi connectivity index (χ4v) is 5.03. The van der Waals surface area contributed by atoms with Crippen molar-refractivity contribution in [1.82, 2.24) is 29.7 Å². The fraction of sp³-hybridized carbons (Fsp3) is 0.222. The van der Waals surface area contributed by atoms with Crippen molar-refractivity contribution >= 4 is 34.1 Å². The van der Waals surface area contributed by atoms with Crippen molar-refractivity contribution in [1.29, 1.82) is 0 Å². The number of fused-ring (bicyclic) bond motifs is 3. The first-order valence-corrected chi connectivity index (χ1v) is 12.4. The first-order valence-electron chi connectivity index (χ1n) is 12.1. The Kier molecular flexibility index (Phi) is 5.00. The summed E-state index contributed by atoms with van der Waals surface area (Å²) >= 11 is 6.45. The molecule has 0 saturated heterocycles. The molecule has 0 radical (unpaired) electrons. The number of nitrogens with zero attached hydrogens (tertiary/aromatic N) is 5. The molecule has 0 unspecified atom stereocenters. The first-order chi connectivity index (χ1) is 18.0. The van der Waals surface area contributed by atoms with Gasteiger partial charge in [-0.25, -0.2) is 14.8 Å². The number of para-hydroxylation sites is 1. The number of nitrogens with one attached hydrogen (secondary N) is 1. The number of pyridine rings is 2. The molecule has 1 aromatic carbocycles. The lowest BCUT2D eigenvalue weighted by atomic mass is 10.0. The quantitative estimate of drug-likeness (QED) is 0.362. The second kappa shape index (κ2) is 8.41. The van der Waals surface area contributed by atoms with E-state index in [2.05, 4.69) is 25.8 Å². The summed E-state index contributed by atoms with van der Waals surface area (Å²) in [7, 11) is 0. The third-order valence-corrected chi connectivity index (χ3v) is 7.14. The highest BCUT2D eigenvalue weighted by atomic mass is 35.5. The van der Waals surface area contributed by atoms with Gasteiger partial charge in [-0.05, 0) is 54.7 Å². The second-order valence-electron chi connectivity index (χ2n) is 9.43. The number of H-pyrrole nitrogens is 1. The average Bonchev–Trinajstić information content (AvgIpc) is 3.58.